The Hall–Kier alpha value is -6.39. The molecule has 0 saturated heterocycles. The van der Waals surface area contributed by atoms with E-state index in [-0.39, 0.29) is 0 Å². The minimum Gasteiger partial charge on any atom is -0.455 e. The summed E-state index contributed by atoms with van der Waals surface area (Å²) in [5.74, 6) is 0. The molecule has 4 nitrogen and oxygen atoms in total. The molecule has 0 atom stereocenters. The van der Waals surface area contributed by atoms with Gasteiger partial charge < -0.3 is 8.83 Å². The van der Waals surface area contributed by atoms with Crippen LogP contribution in [-0.2, 0) is 0 Å². The number of benzene rings is 8. The van der Waals surface area contributed by atoms with Gasteiger partial charge in [0.2, 0.25) is 0 Å². The first-order valence-electron chi connectivity index (χ1n) is 15.9. The van der Waals surface area contributed by atoms with Crippen molar-refractivity contribution < 1.29 is 8.83 Å². The third kappa shape index (κ3) is 3.44. The minimum absolute atomic E-state index is 0.537. The monoisotopic (exact) mass is 600 g/mol. The van der Waals surface area contributed by atoms with E-state index in [4.69, 9.17) is 13.8 Å². The zero-order chi connectivity index (χ0) is 30.6. The van der Waals surface area contributed by atoms with Crippen molar-refractivity contribution in [3.05, 3.63) is 146 Å². The van der Waals surface area contributed by atoms with Crippen LogP contribution in [0.3, 0.4) is 0 Å². The average Bonchev–Trinajstić information content (AvgIpc) is 3.81. The molecule has 0 aliphatic rings. The Kier molecular flexibility index (Phi) is 4.81. The summed E-state index contributed by atoms with van der Waals surface area (Å²) in [4.78, 5) is 5.25. The third-order valence-electron chi connectivity index (χ3n) is 9.78. The number of aromatic nitrogens is 2. The molecule has 0 radical (unpaired) electrons. The van der Waals surface area contributed by atoms with Crippen molar-refractivity contribution >= 4 is 87.2 Å². The molecule has 218 valence electrons. The van der Waals surface area contributed by atoms with Crippen molar-refractivity contribution in [2.75, 3.05) is 0 Å². The topological polar surface area (TPSA) is 44.1 Å². The zero-order valence-electron chi connectivity index (χ0n) is 25.1. The Morgan fingerprint density at radius 3 is 2.00 bits per heavy atom. The summed E-state index contributed by atoms with van der Waals surface area (Å²) in [6.45, 7) is 0. The highest BCUT2D eigenvalue weighted by Crippen LogP contribution is 2.43. The fourth-order valence-corrected chi connectivity index (χ4v) is 7.60. The van der Waals surface area contributed by atoms with Gasteiger partial charge >= 0.3 is 6.01 Å². The molecule has 0 unspecified atom stereocenters. The first-order valence-corrected chi connectivity index (χ1v) is 15.9. The normalized spacial score (nSPS) is 12.3. The van der Waals surface area contributed by atoms with Crippen LogP contribution < -0.4 is 0 Å². The van der Waals surface area contributed by atoms with Crippen LogP contribution in [0.4, 0.5) is 0 Å². The lowest BCUT2D eigenvalue weighted by Gasteiger charge is -2.08. The number of furan rings is 1. The fourth-order valence-electron chi connectivity index (χ4n) is 7.60. The Morgan fingerprint density at radius 1 is 0.447 bits per heavy atom. The van der Waals surface area contributed by atoms with Gasteiger partial charge in [-0.3, -0.25) is 4.57 Å². The maximum Gasteiger partial charge on any atom is 0.307 e. The number of oxazole rings is 1. The first-order chi connectivity index (χ1) is 23.3. The number of nitrogens with zero attached hydrogens (tertiary/aromatic N) is 2. The molecule has 0 bridgehead atoms. The number of rotatable bonds is 2. The van der Waals surface area contributed by atoms with E-state index in [0.717, 1.165) is 55.2 Å². The second-order valence-corrected chi connectivity index (χ2v) is 12.4. The summed E-state index contributed by atoms with van der Waals surface area (Å²) in [5.41, 5.74) is 7.32. The standard InChI is InChI=1S/C43H24N2O2/c1-2-11-28-23-37-35(21-27(28)10-1)31-13-5-7-15-36(31)45(37)43-44-41-39(47-43)24-34(42-40(41)32-14-6-8-16-38(32)46-42)29-20-19-26-18-17-25-9-3-4-12-30(25)33(26)22-29/h1-24H. The molecule has 0 fully saturated rings. The van der Waals surface area contributed by atoms with Crippen LogP contribution in [0.15, 0.2) is 154 Å². The van der Waals surface area contributed by atoms with Gasteiger partial charge in [0.05, 0.1) is 16.4 Å². The van der Waals surface area contributed by atoms with Gasteiger partial charge in [0.1, 0.15) is 16.7 Å². The van der Waals surface area contributed by atoms with Crippen molar-refractivity contribution in [1.82, 2.24) is 9.55 Å². The van der Waals surface area contributed by atoms with Gasteiger partial charge in [-0.05, 0) is 74.3 Å². The molecule has 0 saturated carbocycles. The van der Waals surface area contributed by atoms with E-state index in [9.17, 15) is 0 Å². The predicted octanol–water partition coefficient (Wildman–Crippen LogP) is 12.0. The number of hydrogen-bond acceptors (Lipinski definition) is 3. The molecule has 3 heterocycles. The van der Waals surface area contributed by atoms with Crippen LogP contribution in [0, 0.1) is 0 Å². The molecular weight excluding hydrogens is 576 g/mol. The van der Waals surface area contributed by atoms with Crippen molar-refractivity contribution in [3.63, 3.8) is 0 Å². The molecule has 8 aromatic carbocycles. The summed E-state index contributed by atoms with van der Waals surface area (Å²) >= 11 is 0. The third-order valence-corrected chi connectivity index (χ3v) is 9.78. The maximum atomic E-state index is 6.80. The highest BCUT2D eigenvalue weighted by atomic mass is 16.4. The van der Waals surface area contributed by atoms with Gasteiger partial charge in [0.25, 0.3) is 0 Å². The van der Waals surface area contributed by atoms with E-state index in [1.54, 1.807) is 0 Å². The van der Waals surface area contributed by atoms with Crippen molar-refractivity contribution in [1.29, 1.82) is 0 Å². The van der Waals surface area contributed by atoms with Gasteiger partial charge in [-0.2, -0.15) is 4.98 Å². The number of hydrogen-bond donors (Lipinski definition) is 0. The van der Waals surface area contributed by atoms with Gasteiger partial charge in [-0.15, -0.1) is 0 Å². The lowest BCUT2D eigenvalue weighted by atomic mass is 9.96. The van der Waals surface area contributed by atoms with Crippen LogP contribution in [0.5, 0.6) is 0 Å². The number of fused-ring (bicyclic) bond motifs is 12. The van der Waals surface area contributed by atoms with Crippen LogP contribution in [-0.4, -0.2) is 9.55 Å². The van der Waals surface area contributed by atoms with Gasteiger partial charge in [0, 0.05) is 21.7 Å². The smallest absolute Gasteiger partial charge is 0.307 e. The van der Waals surface area contributed by atoms with E-state index in [1.807, 2.05) is 12.1 Å². The van der Waals surface area contributed by atoms with Gasteiger partial charge in [0.15, 0.2) is 5.58 Å². The SMILES string of the molecule is c1ccc2cc3c(cc2c1)c1ccccc1n3-c1nc2c(cc(-c3ccc4ccc5ccccc5c4c3)c3oc4ccccc4c32)o1. The zero-order valence-corrected chi connectivity index (χ0v) is 25.1. The van der Waals surface area contributed by atoms with Crippen LogP contribution in [0.25, 0.3) is 104 Å². The highest BCUT2D eigenvalue weighted by molar-refractivity contribution is 6.21. The summed E-state index contributed by atoms with van der Waals surface area (Å²) in [6.07, 6.45) is 0. The maximum absolute atomic E-state index is 6.80. The predicted molar refractivity (Wildman–Crippen MR) is 194 cm³/mol. The Balaban J connectivity index is 1.24. The van der Waals surface area contributed by atoms with E-state index < -0.39 is 0 Å². The molecule has 0 amide bonds. The van der Waals surface area contributed by atoms with Gasteiger partial charge in [-0.1, -0.05) is 109 Å². The van der Waals surface area contributed by atoms with E-state index in [2.05, 4.69) is 138 Å². The van der Waals surface area contributed by atoms with Crippen LogP contribution in [0.1, 0.15) is 0 Å². The average molecular weight is 601 g/mol. The van der Waals surface area contributed by atoms with E-state index in [0.29, 0.717) is 6.01 Å². The molecule has 0 aliphatic heterocycles. The molecule has 0 aliphatic carbocycles. The van der Waals surface area contributed by atoms with E-state index >= 15 is 0 Å². The Bertz CT molecular complexity index is 3080. The van der Waals surface area contributed by atoms with Gasteiger partial charge in [-0.25, -0.2) is 0 Å². The van der Waals surface area contributed by atoms with Crippen LogP contribution >= 0.6 is 0 Å². The molecule has 3 aromatic heterocycles. The summed E-state index contributed by atoms with van der Waals surface area (Å²) in [5, 5.41) is 11.6. The van der Waals surface area contributed by atoms with Crippen molar-refractivity contribution in [3.8, 4) is 17.1 Å². The Labute approximate surface area is 267 Å². The fraction of sp³-hybridized carbons (Fsp3) is 0. The largest absolute Gasteiger partial charge is 0.455 e. The second kappa shape index (κ2) is 9.09. The molecule has 47 heavy (non-hydrogen) atoms. The summed E-state index contributed by atoms with van der Waals surface area (Å²) < 4.78 is 15.6. The Morgan fingerprint density at radius 2 is 1.13 bits per heavy atom. The van der Waals surface area contributed by atoms with Crippen molar-refractivity contribution in [2.24, 2.45) is 0 Å². The molecule has 4 heteroatoms. The molecule has 0 N–H and O–H groups in total. The van der Waals surface area contributed by atoms with Crippen LogP contribution in [0.2, 0.25) is 0 Å². The first kappa shape index (κ1) is 24.9. The quantitative estimate of drug-likeness (QED) is 0.185. The second-order valence-electron chi connectivity index (χ2n) is 12.4. The molecular formula is C43H24N2O2. The molecule has 0 spiro atoms. The lowest BCUT2D eigenvalue weighted by Crippen LogP contribution is -1.93. The molecule has 11 rings (SSSR count). The summed E-state index contributed by atoms with van der Waals surface area (Å²) in [6, 6.07) is 51.9. The minimum atomic E-state index is 0.537. The lowest BCUT2D eigenvalue weighted by molar-refractivity contribution is 0.574. The van der Waals surface area contributed by atoms with Crippen molar-refractivity contribution in [2.45, 2.75) is 0 Å². The summed E-state index contributed by atoms with van der Waals surface area (Å²) in [7, 11) is 0. The number of para-hydroxylation sites is 2. The molecule has 11 aromatic rings. The highest BCUT2D eigenvalue weighted by Gasteiger charge is 2.23. The van der Waals surface area contributed by atoms with E-state index in [1.165, 1.54) is 43.1 Å².